The van der Waals surface area contributed by atoms with Crippen molar-refractivity contribution in [3.8, 4) is 11.6 Å². The van der Waals surface area contributed by atoms with Crippen LogP contribution < -0.4 is 11.0 Å². The third-order valence-corrected chi connectivity index (χ3v) is 4.84. The normalized spacial score (nSPS) is 12.6. The number of fused-ring (bicyclic) bond motifs is 2. The van der Waals surface area contributed by atoms with Gasteiger partial charge in [0.2, 0.25) is 5.43 Å². The van der Waals surface area contributed by atoms with Crippen molar-refractivity contribution in [3.05, 3.63) is 73.1 Å². The summed E-state index contributed by atoms with van der Waals surface area (Å²) < 4.78 is 79.1. The van der Waals surface area contributed by atoms with Crippen molar-refractivity contribution in [3.63, 3.8) is 0 Å². The number of alkyl halides is 6. The molecule has 0 saturated heterocycles. The number of pyridine rings is 1. The molecule has 0 aliphatic rings. The van der Waals surface area contributed by atoms with E-state index in [1.165, 1.54) is 18.2 Å². The number of H-pyrrole nitrogens is 1. The molecule has 0 unspecified atom stereocenters. The van der Waals surface area contributed by atoms with Gasteiger partial charge < -0.3 is 10.1 Å². The zero-order valence-electron chi connectivity index (χ0n) is 15.3. The molecule has 4 aromatic rings. The highest BCUT2D eigenvalue weighted by atomic mass is 35.5. The Hall–Kier alpha value is -3.54. The molecule has 0 radical (unpaired) electrons. The molecule has 2 N–H and O–H groups in total. The van der Waals surface area contributed by atoms with Gasteiger partial charge in [-0.1, -0.05) is 11.6 Å². The number of halogens is 7. The molecule has 2 heterocycles. The molecule has 0 aliphatic heterocycles. The van der Waals surface area contributed by atoms with Crippen molar-refractivity contribution < 1.29 is 31.4 Å². The summed E-state index contributed by atoms with van der Waals surface area (Å²) in [6, 6.07) is 4.31. The molecule has 0 spiro atoms. The Bertz CT molecular complexity index is 1490. The average molecular weight is 476 g/mol. The van der Waals surface area contributed by atoms with Gasteiger partial charge in [-0.2, -0.15) is 31.0 Å². The molecule has 13 heteroatoms. The van der Waals surface area contributed by atoms with Crippen molar-refractivity contribution in [2.75, 3.05) is 0 Å². The molecule has 2 aromatic heterocycles. The van der Waals surface area contributed by atoms with Gasteiger partial charge in [-0.25, -0.2) is 0 Å². The number of aromatic amines is 1. The molecule has 6 nitrogen and oxygen atoms in total. The van der Waals surface area contributed by atoms with E-state index in [-0.39, 0.29) is 38.8 Å². The third kappa shape index (κ3) is 3.55. The first-order valence-corrected chi connectivity index (χ1v) is 8.92. The van der Waals surface area contributed by atoms with Crippen LogP contribution in [0.1, 0.15) is 11.1 Å². The smallest absolute Gasteiger partial charge is 0.416 e. The quantitative estimate of drug-likeness (QED) is 0.310. The van der Waals surface area contributed by atoms with Crippen LogP contribution in [-0.2, 0) is 12.4 Å². The van der Waals surface area contributed by atoms with E-state index in [4.69, 9.17) is 11.6 Å². The zero-order valence-corrected chi connectivity index (χ0v) is 16.0. The number of aromatic nitrogens is 3. The Labute approximate surface area is 177 Å². The van der Waals surface area contributed by atoms with Crippen LogP contribution in [0.2, 0.25) is 5.02 Å². The lowest BCUT2D eigenvalue weighted by Gasteiger charge is -2.15. The van der Waals surface area contributed by atoms with Crippen LogP contribution in [0.25, 0.3) is 27.5 Å². The van der Waals surface area contributed by atoms with E-state index in [0.29, 0.717) is 0 Å². The number of aromatic hydroxyl groups is 1. The summed E-state index contributed by atoms with van der Waals surface area (Å²) in [5, 5.41) is 13.1. The van der Waals surface area contributed by atoms with E-state index in [1.54, 1.807) is 0 Å². The molecule has 0 saturated carbocycles. The zero-order chi connectivity index (χ0) is 23.6. The second-order valence-corrected chi connectivity index (χ2v) is 7.14. The van der Waals surface area contributed by atoms with E-state index in [0.717, 1.165) is 0 Å². The summed E-state index contributed by atoms with van der Waals surface area (Å²) in [6.45, 7) is 0. The standard InChI is InChI=1S/C19H8ClF6N3O3/c20-9-1-2-11-12(6-9)27-14-13(15(11)30)17(32)29(28-16(14)31)10-4-7(18(21,22)23)3-8(5-10)19(24,25)26/h1-6H,(H,27,30)(H,28,31). The van der Waals surface area contributed by atoms with Crippen molar-refractivity contribution >= 4 is 33.4 Å². The molecule has 0 fully saturated rings. The minimum atomic E-state index is -5.18. The maximum Gasteiger partial charge on any atom is 0.416 e. The van der Waals surface area contributed by atoms with E-state index >= 15 is 0 Å². The van der Waals surface area contributed by atoms with Crippen LogP contribution in [-0.4, -0.2) is 19.9 Å². The summed E-state index contributed by atoms with van der Waals surface area (Å²) in [5.41, 5.74) is -6.91. The van der Waals surface area contributed by atoms with E-state index < -0.39 is 56.9 Å². The van der Waals surface area contributed by atoms with E-state index in [2.05, 4.69) is 10.1 Å². The van der Waals surface area contributed by atoms with Crippen LogP contribution in [0, 0.1) is 0 Å². The van der Waals surface area contributed by atoms with Gasteiger partial charge in [0.1, 0.15) is 10.9 Å². The predicted octanol–water partition coefficient (Wildman–Crippen LogP) is 4.62. The van der Waals surface area contributed by atoms with Crippen LogP contribution >= 0.6 is 11.6 Å². The fourth-order valence-corrected chi connectivity index (χ4v) is 3.34. The number of hydrogen-bond acceptors (Lipinski definition) is 4. The Balaban J connectivity index is 2.11. The van der Waals surface area contributed by atoms with Gasteiger partial charge in [-0.3, -0.25) is 9.59 Å². The highest BCUT2D eigenvalue weighted by Gasteiger charge is 2.37. The Kier molecular flexibility index (Phi) is 4.73. The highest BCUT2D eigenvalue weighted by Crippen LogP contribution is 2.37. The molecule has 0 aliphatic carbocycles. The third-order valence-electron chi connectivity index (χ3n) is 4.60. The largest absolute Gasteiger partial charge is 0.491 e. The molecule has 0 bridgehead atoms. The van der Waals surface area contributed by atoms with Crippen LogP contribution in [0.5, 0.6) is 5.88 Å². The molecule has 2 aromatic carbocycles. The molecular formula is C19H8ClF6N3O3. The van der Waals surface area contributed by atoms with Crippen LogP contribution in [0.3, 0.4) is 0 Å². The summed E-state index contributed by atoms with van der Waals surface area (Å²) in [6.07, 6.45) is -10.4. The number of nitrogens with one attached hydrogen (secondary N) is 1. The minimum Gasteiger partial charge on any atom is -0.491 e. The van der Waals surface area contributed by atoms with Gasteiger partial charge in [0.05, 0.1) is 22.3 Å². The first kappa shape index (κ1) is 21.7. The molecule has 0 amide bonds. The van der Waals surface area contributed by atoms with Crippen molar-refractivity contribution in [2.24, 2.45) is 0 Å². The lowest BCUT2D eigenvalue weighted by molar-refractivity contribution is -0.143. The van der Waals surface area contributed by atoms with E-state index in [9.17, 15) is 41.0 Å². The number of nitrogens with zero attached hydrogens (tertiary/aromatic N) is 2. The van der Waals surface area contributed by atoms with Crippen molar-refractivity contribution in [1.82, 2.24) is 14.8 Å². The molecule has 32 heavy (non-hydrogen) atoms. The second kappa shape index (κ2) is 6.99. The maximum atomic E-state index is 13.2. The van der Waals surface area contributed by atoms with Gasteiger partial charge in [0.25, 0.3) is 11.4 Å². The Morgan fingerprint density at radius 1 is 0.938 bits per heavy atom. The fraction of sp³-hybridized carbons (Fsp3) is 0.105. The van der Waals surface area contributed by atoms with Gasteiger partial charge >= 0.3 is 12.4 Å². The molecule has 166 valence electrons. The SMILES string of the molecule is O=c1c2ccc(Cl)cc2[nH]c2c(O)nn(-c3cc(C(F)(F)F)cc(C(F)(F)F)c3)c(=O)c12. The first-order chi connectivity index (χ1) is 14.8. The summed E-state index contributed by atoms with van der Waals surface area (Å²) in [5.74, 6) is -0.996. The average Bonchev–Trinajstić information content (AvgIpc) is 2.68. The van der Waals surface area contributed by atoms with E-state index in [1.807, 2.05) is 0 Å². The molecule has 0 atom stereocenters. The predicted molar refractivity (Wildman–Crippen MR) is 102 cm³/mol. The number of rotatable bonds is 1. The van der Waals surface area contributed by atoms with Gasteiger partial charge in [-0.05, 0) is 36.4 Å². The lowest BCUT2D eigenvalue weighted by atomic mass is 10.1. The van der Waals surface area contributed by atoms with Gasteiger partial charge in [0, 0.05) is 10.4 Å². The van der Waals surface area contributed by atoms with Gasteiger partial charge in [0.15, 0.2) is 0 Å². The minimum absolute atomic E-state index is 0.0452. The summed E-state index contributed by atoms with van der Waals surface area (Å²) in [7, 11) is 0. The summed E-state index contributed by atoms with van der Waals surface area (Å²) >= 11 is 5.85. The summed E-state index contributed by atoms with van der Waals surface area (Å²) in [4.78, 5) is 28.3. The molecular weight excluding hydrogens is 468 g/mol. The highest BCUT2D eigenvalue weighted by molar-refractivity contribution is 6.31. The number of hydrogen-bond donors (Lipinski definition) is 2. The monoisotopic (exact) mass is 475 g/mol. The van der Waals surface area contributed by atoms with Crippen molar-refractivity contribution in [1.29, 1.82) is 0 Å². The lowest BCUT2D eigenvalue weighted by Crippen LogP contribution is -2.27. The Morgan fingerprint density at radius 2 is 1.53 bits per heavy atom. The topological polar surface area (TPSA) is 88.0 Å². The van der Waals surface area contributed by atoms with Crippen LogP contribution in [0.4, 0.5) is 26.3 Å². The maximum absolute atomic E-state index is 13.2. The first-order valence-electron chi connectivity index (χ1n) is 8.55. The number of benzene rings is 2. The molecule has 4 rings (SSSR count). The van der Waals surface area contributed by atoms with Crippen LogP contribution in [0.15, 0.2) is 46.0 Å². The Morgan fingerprint density at radius 3 is 2.09 bits per heavy atom. The fourth-order valence-electron chi connectivity index (χ4n) is 3.17. The van der Waals surface area contributed by atoms with Crippen molar-refractivity contribution in [2.45, 2.75) is 12.4 Å². The second-order valence-electron chi connectivity index (χ2n) is 6.70. The van der Waals surface area contributed by atoms with Gasteiger partial charge in [-0.15, -0.1) is 5.10 Å².